The summed E-state index contributed by atoms with van der Waals surface area (Å²) >= 11 is 0. The van der Waals surface area contributed by atoms with E-state index in [0.29, 0.717) is 11.6 Å². The number of piperidine rings is 1. The van der Waals surface area contributed by atoms with E-state index in [9.17, 15) is 4.79 Å². The maximum atomic E-state index is 11.0. The number of aromatic nitrogens is 1. The van der Waals surface area contributed by atoms with Crippen molar-refractivity contribution in [3.05, 3.63) is 23.9 Å². The van der Waals surface area contributed by atoms with Crippen LogP contribution in [0, 0.1) is 0 Å². The second-order valence-electron chi connectivity index (χ2n) is 4.74. The number of carbonyl (C=O) groups is 1. The average molecular weight is 233 g/mol. The molecule has 4 nitrogen and oxygen atoms in total. The molecule has 1 fully saturated rings. The first kappa shape index (κ1) is 12.0. The second-order valence-corrected chi connectivity index (χ2v) is 4.74. The number of aldehydes is 1. The van der Waals surface area contributed by atoms with Gasteiger partial charge in [-0.1, -0.05) is 0 Å². The SMILES string of the molecule is CN(C)C1CCCN(c2ncccc2C=O)C1. The molecule has 1 aliphatic rings. The van der Waals surface area contributed by atoms with Gasteiger partial charge in [0.25, 0.3) is 0 Å². The van der Waals surface area contributed by atoms with Crippen molar-refractivity contribution in [1.29, 1.82) is 0 Å². The van der Waals surface area contributed by atoms with Crippen LogP contribution in [-0.2, 0) is 0 Å². The van der Waals surface area contributed by atoms with Gasteiger partial charge < -0.3 is 9.80 Å². The van der Waals surface area contributed by atoms with Crippen molar-refractivity contribution < 1.29 is 4.79 Å². The first-order chi connectivity index (χ1) is 8.22. The molecule has 2 heterocycles. The van der Waals surface area contributed by atoms with Crippen molar-refractivity contribution in [2.24, 2.45) is 0 Å². The fraction of sp³-hybridized carbons (Fsp3) is 0.538. The molecule has 1 aromatic rings. The zero-order chi connectivity index (χ0) is 12.3. The third kappa shape index (κ3) is 2.64. The number of hydrogen-bond acceptors (Lipinski definition) is 4. The standard InChI is InChI=1S/C13H19N3O/c1-15(2)12-6-4-8-16(9-12)13-11(10-17)5-3-7-14-13/h3,5,7,10,12H,4,6,8-9H2,1-2H3. The molecule has 0 aromatic carbocycles. The van der Waals surface area contributed by atoms with Crippen LogP contribution in [-0.4, -0.2) is 49.4 Å². The summed E-state index contributed by atoms with van der Waals surface area (Å²) in [6, 6.07) is 4.18. The highest BCUT2D eigenvalue weighted by Gasteiger charge is 2.23. The molecule has 0 N–H and O–H groups in total. The van der Waals surface area contributed by atoms with Crippen LogP contribution in [0.5, 0.6) is 0 Å². The third-order valence-corrected chi connectivity index (χ3v) is 3.37. The van der Waals surface area contributed by atoms with Crippen LogP contribution in [0.2, 0.25) is 0 Å². The van der Waals surface area contributed by atoms with E-state index in [1.54, 1.807) is 12.3 Å². The summed E-state index contributed by atoms with van der Waals surface area (Å²) in [6.07, 6.45) is 5.01. The molecule has 0 spiro atoms. The van der Waals surface area contributed by atoms with Gasteiger partial charge in [-0.05, 0) is 39.1 Å². The first-order valence-corrected chi connectivity index (χ1v) is 6.04. The van der Waals surface area contributed by atoms with Crippen molar-refractivity contribution in [3.8, 4) is 0 Å². The molecule has 1 atom stereocenters. The Bertz CT molecular complexity index is 392. The van der Waals surface area contributed by atoms with Crippen molar-refractivity contribution in [2.75, 3.05) is 32.1 Å². The molecular weight excluding hydrogens is 214 g/mol. The Kier molecular flexibility index (Phi) is 3.74. The van der Waals surface area contributed by atoms with Gasteiger partial charge in [-0.25, -0.2) is 4.98 Å². The Hall–Kier alpha value is -1.42. The summed E-state index contributed by atoms with van der Waals surface area (Å²) in [5.74, 6) is 0.828. The largest absolute Gasteiger partial charge is 0.354 e. The lowest BCUT2D eigenvalue weighted by Crippen LogP contribution is -2.45. The van der Waals surface area contributed by atoms with E-state index in [4.69, 9.17) is 0 Å². The van der Waals surface area contributed by atoms with Gasteiger partial charge in [0.15, 0.2) is 6.29 Å². The molecule has 92 valence electrons. The van der Waals surface area contributed by atoms with E-state index in [0.717, 1.165) is 31.6 Å². The maximum Gasteiger partial charge on any atom is 0.153 e. The highest BCUT2D eigenvalue weighted by molar-refractivity contribution is 5.82. The van der Waals surface area contributed by atoms with Crippen LogP contribution < -0.4 is 4.90 Å². The summed E-state index contributed by atoms with van der Waals surface area (Å²) in [5.41, 5.74) is 0.687. The lowest BCUT2D eigenvalue weighted by molar-refractivity contribution is 0.112. The molecule has 4 heteroatoms. The Balaban J connectivity index is 2.18. The smallest absolute Gasteiger partial charge is 0.153 e. The number of hydrogen-bond donors (Lipinski definition) is 0. The number of likely N-dealkylation sites (N-methyl/N-ethyl adjacent to an activating group) is 1. The molecule has 0 bridgehead atoms. The summed E-state index contributed by atoms with van der Waals surface area (Å²) in [7, 11) is 4.21. The molecular formula is C13H19N3O. The monoisotopic (exact) mass is 233 g/mol. The predicted molar refractivity (Wildman–Crippen MR) is 68.5 cm³/mol. The number of anilines is 1. The van der Waals surface area contributed by atoms with Gasteiger partial charge in [-0.15, -0.1) is 0 Å². The van der Waals surface area contributed by atoms with Crippen LogP contribution in [0.1, 0.15) is 23.2 Å². The Morgan fingerprint density at radius 2 is 2.35 bits per heavy atom. The molecule has 0 radical (unpaired) electrons. The second kappa shape index (κ2) is 5.27. The van der Waals surface area contributed by atoms with E-state index in [-0.39, 0.29) is 0 Å². The Morgan fingerprint density at radius 1 is 1.53 bits per heavy atom. The van der Waals surface area contributed by atoms with Crippen LogP contribution in [0.3, 0.4) is 0 Å². The molecule has 1 unspecified atom stereocenters. The minimum atomic E-state index is 0.547. The van der Waals surface area contributed by atoms with Gasteiger partial charge in [-0.2, -0.15) is 0 Å². The minimum Gasteiger partial charge on any atom is -0.354 e. The number of nitrogens with zero attached hydrogens (tertiary/aromatic N) is 3. The molecule has 1 aliphatic heterocycles. The molecule has 0 saturated carbocycles. The predicted octanol–water partition coefficient (Wildman–Crippen LogP) is 1.42. The third-order valence-electron chi connectivity index (χ3n) is 3.37. The molecule has 17 heavy (non-hydrogen) atoms. The summed E-state index contributed by atoms with van der Waals surface area (Å²) < 4.78 is 0. The van der Waals surface area contributed by atoms with Gasteiger partial charge >= 0.3 is 0 Å². The molecule has 1 saturated heterocycles. The minimum absolute atomic E-state index is 0.547. The summed E-state index contributed by atoms with van der Waals surface area (Å²) in [6.45, 7) is 1.94. The zero-order valence-electron chi connectivity index (χ0n) is 10.5. The van der Waals surface area contributed by atoms with Crippen molar-refractivity contribution in [3.63, 3.8) is 0 Å². The molecule has 0 aliphatic carbocycles. The quantitative estimate of drug-likeness (QED) is 0.740. The van der Waals surface area contributed by atoms with E-state index in [1.807, 2.05) is 6.07 Å². The van der Waals surface area contributed by atoms with Crippen molar-refractivity contribution >= 4 is 12.1 Å². The van der Waals surface area contributed by atoms with E-state index < -0.39 is 0 Å². The normalized spacial score (nSPS) is 20.6. The molecule has 0 amide bonds. The topological polar surface area (TPSA) is 36.4 Å². The van der Waals surface area contributed by atoms with Gasteiger partial charge in [0.05, 0.1) is 5.56 Å². The maximum absolute atomic E-state index is 11.0. The average Bonchev–Trinajstić information content (AvgIpc) is 2.39. The number of carbonyl (C=O) groups excluding carboxylic acids is 1. The van der Waals surface area contributed by atoms with Crippen LogP contribution in [0.15, 0.2) is 18.3 Å². The number of pyridine rings is 1. The first-order valence-electron chi connectivity index (χ1n) is 6.04. The fourth-order valence-corrected chi connectivity index (χ4v) is 2.33. The van der Waals surface area contributed by atoms with Crippen LogP contribution in [0.25, 0.3) is 0 Å². The summed E-state index contributed by atoms with van der Waals surface area (Å²) in [4.78, 5) is 19.8. The van der Waals surface area contributed by atoms with Gasteiger partial charge in [0, 0.05) is 25.3 Å². The van der Waals surface area contributed by atoms with Gasteiger partial charge in [0.2, 0.25) is 0 Å². The van der Waals surface area contributed by atoms with Crippen molar-refractivity contribution in [1.82, 2.24) is 9.88 Å². The van der Waals surface area contributed by atoms with E-state index in [1.165, 1.54) is 6.42 Å². The van der Waals surface area contributed by atoms with Crippen LogP contribution >= 0.6 is 0 Å². The fourth-order valence-electron chi connectivity index (χ4n) is 2.33. The van der Waals surface area contributed by atoms with Crippen molar-refractivity contribution in [2.45, 2.75) is 18.9 Å². The van der Waals surface area contributed by atoms with E-state index in [2.05, 4.69) is 28.9 Å². The van der Waals surface area contributed by atoms with Crippen LogP contribution in [0.4, 0.5) is 5.82 Å². The van der Waals surface area contributed by atoms with Gasteiger partial charge in [-0.3, -0.25) is 4.79 Å². The highest BCUT2D eigenvalue weighted by Crippen LogP contribution is 2.21. The lowest BCUT2D eigenvalue weighted by atomic mass is 10.0. The highest BCUT2D eigenvalue weighted by atomic mass is 16.1. The molecule has 1 aromatic heterocycles. The van der Waals surface area contributed by atoms with Gasteiger partial charge in [0.1, 0.15) is 5.82 Å². The molecule has 2 rings (SSSR count). The Morgan fingerprint density at radius 3 is 3.06 bits per heavy atom. The number of rotatable bonds is 3. The van der Waals surface area contributed by atoms with E-state index >= 15 is 0 Å². The lowest BCUT2D eigenvalue weighted by Gasteiger charge is -2.37. The summed E-state index contributed by atoms with van der Waals surface area (Å²) in [5, 5.41) is 0. The Labute approximate surface area is 102 Å². The zero-order valence-corrected chi connectivity index (χ0v) is 10.5.